The molecule has 2 aliphatic rings. The highest BCUT2D eigenvalue weighted by atomic mass is 32.1. The molecular formula is C50H39N3S+2. The molecule has 4 heteroatoms. The van der Waals surface area contributed by atoms with E-state index in [9.17, 15) is 0 Å². The van der Waals surface area contributed by atoms with Gasteiger partial charge in [-0.3, -0.25) is 0 Å². The molecule has 2 unspecified atom stereocenters. The first-order valence-electron chi connectivity index (χ1n) is 19.2. The highest BCUT2D eigenvalue weighted by molar-refractivity contribution is 7.25. The van der Waals surface area contributed by atoms with Crippen LogP contribution in [0, 0.1) is 0 Å². The molecule has 10 aromatic rings. The SMILES string of the molecule is C=C1C2C(CCc3cc4c(cc3-c3cc(C(C)(C)C)cc[n+]31)c1cccc3c5cc6c(cc5n4c13)sc1ccccc16)c1ccccc1-c1cccc[n+]12. The van der Waals surface area contributed by atoms with E-state index < -0.39 is 0 Å². The third-order valence-corrected chi connectivity index (χ3v) is 13.9. The number of pyridine rings is 2. The van der Waals surface area contributed by atoms with Crippen LogP contribution >= 0.6 is 11.3 Å². The maximum absolute atomic E-state index is 4.96. The zero-order chi connectivity index (χ0) is 36.0. The minimum atomic E-state index is 0.000677. The Labute approximate surface area is 318 Å². The highest BCUT2D eigenvalue weighted by Crippen LogP contribution is 2.48. The first kappa shape index (κ1) is 30.6. The molecule has 0 fully saturated rings. The summed E-state index contributed by atoms with van der Waals surface area (Å²) in [6.07, 6.45) is 6.55. The van der Waals surface area contributed by atoms with Crippen LogP contribution in [-0.4, -0.2) is 4.40 Å². The van der Waals surface area contributed by atoms with Crippen molar-refractivity contribution in [2.75, 3.05) is 0 Å². The van der Waals surface area contributed by atoms with E-state index in [1.165, 1.54) is 97.5 Å². The van der Waals surface area contributed by atoms with Gasteiger partial charge in [0.1, 0.15) is 0 Å². The van der Waals surface area contributed by atoms with Gasteiger partial charge in [-0.2, -0.15) is 9.13 Å². The minimum absolute atomic E-state index is 0.000677. The molecule has 0 bridgehead atoms. The van der Waals surface area contributed by atoms with E-state index in [0.717, 1.165) is 18.5 Å². The number of hydrogen-bond acceptors (Lipinski definition) is 1. The highest BCUT2D eigenvalue weighted by Gasteiger charge is 2.46. The van der Waals surface area contributed by atoms with Crippen LogP contribution in [0.5, 0.6) is 0 Å². The molecule has 0 saturated carbocycles. The molecule has 12 rings (SSSR count). The number of benzene rings is 5. The summed E-state index contributed by atoms with van der Waals surface area (Å²) < 4.78 is 10.2. The number of nitrogens with zero attached hydrogens (tertiary/aromatic N) is 3. The van der Waals surface area contributed by atoms with E-state index in [2.05, 4.69) is 168 Å². The average Bonchev–Trinajstić information content (AvgIpc) is 3.84. The van der Waals surface area contributed by atoms with Crippen molar-refractivity contribution in [3.05, 3.63) is 157 Å². The fraction of sp³-hybridized carbons (Fsp3) is 0.160. The van der Waals surface area contributed by atoms with Crippen LogP contribution in [0.3, 0.4) is 0 Å². The molecule has 258 valence electrons. The van der Waals surface area contributed by atoms with Crippen LogP contribution in [0.15, 0.2) is 140 Å². The normalized spacial score (nSPS) is 17.1. The summed E-state index contributed by atoms with van der Waals surface area (Å²) in [6, 6.07) is 46.3. The van der Waals surface area contributed by atoms with Crippen LogP contribution < -0.4 is 9.13 Å². The molecule has 0 saturated heterocycles. The summed E-state index contributed by atoms with van der Waals surface area (Å²) in [4.78, 5) is 0. The Kier molecular flexibility index (Phi) is 6.03. The van der Waals surface area contributed by atoms with Crippen LogP contribution in [0.4, 0.5) is 0 Å². The number of aryl methyl sites for hydroxylation is 1. The van der Waals surface area contributed by atoms with Gasteiger partial charge in [0.05, 0.1) is 28.0 Å². The molecule has 7 heterocycles. The lowest BCUT2D eigenvalue weighted by atomic mass is 9.78. The first-order valence-corrected chi connectivity index (χ1v) is 20.1. The van der Waals surface area contributed by atoms with Gasteiger partial charge in [0.25, 0.3) is 0 Å². The fourth-order valence-corrected chi connectivity index (χ4v) is 11.3. The molecule has 0 spiro atoms. The van der Waals surface area contributed by atoms with Gasteiger partial charge >= 0.3 is 0 Å². The van der Waals surface area contributed by atoms with Gasteiger partial charge in [-0.15, -0.1) is 11.3 Å². The van der Waals surface area contributed by atoms with Crippen molar-refractivity contribution < 1.29 is 9.13 Å². The molecular weight excluding hydrogens is 675 g/mol. The van der Waals surface area contributed by atoms with Gasteiger partial charge in [-0.25, -0.2) is 0 Å². The monoisotopic (exact) mass is 713 g/mol. The number of allylic oxidation sites excluding steroid dienone is 1. The van der Waals surface area contributed by atoms with Crippen molar-refractivity contribution in [2.45, 2.75) is 51.0 Å². The van der Waals surface area contributed by atoms with E-state index >= 15 is 0 Å². The fourth-order valence-electron chi connectivity index (χ4n) is 10.2. The standard InChI is InChI=1S/C50H39N3S/c1-29-48-37(32-12-5-6-13-33(32)42-17-9-10-22-52(42)48)20-19-30-24-44-39(26-38(30)43-25-31(50(2,3)4)21-23-51(29)43)35-15-11-16-36-40-27-41-34-14-7-8-18-46(34)54-47(41)28-45(40)53(44)49(35)36/h5-18,21-28,37,48H,1,19-20H2,2-4H3/q+2. The Balaban J connectivity index is 1.17. The maximum atomic E-state index is 4.96. The average molecular weight is 714 g/mol. The summed E-state index contributed by atoms with van der Waals surface area (Å²) in [5, 5.41) is 8.00. The Morgan fingerprint density at radius 3 is 2.28 bits per heavy atom. The summed E-state index contributed by atoms with van der Waals surface area (Å²) in [5.74, 6) is 0.271. The lowest BCUT2D eigenvalue weighted by molar-refractivity contribution is -0.727. The second-order valence-corrected chi connectivity index (χ2v) is 17.7. The second kappa shape index (κ2) is 10.6. The molecule has 54 heavy (non-hydrogen) atoms. The van der Waals surface area contributed by atoms with E-state index in [-0.39, 0.29) is 17.4 Å². The van der Waals surface area contributed by atoms with Crippen molar-refractivity contribution in [1.82, 2.24) is 4.40 Å². The Morgan fingerprint density at radius 2 is 1.41 bits per heavy atom. The predicted molar refractivity (Wildman–Crippen MR) is 226 cm³/mol. The zero-order valence-electron chi connectivity index (χ0n) is 30.7. The largest absolute Gasteiger partial charge is 0.308 e. The lowest BCUT2D eigenvalue weighted by Gasteiger charge is -2.29. The van der Waals surface area contributed by atoms with Crippen LogP contribution in [0.25, 0.3) is 86.5 Å². The summed E-state index contributed by atoms with van der Waals surface area (Å²) in [6.45, 7) is 11.9. The van der Waals surface area contributed by atoms with Crippen LogP contribution in [-0.2, 0) is 11.8 Å². The molecule has 0 aliphatic carbocycles. The van der Waals surface area contributed by atoms with Crippen molar-refractivity contribution in [1.29, 1.82) is 0 Å². The number of hydrogen-bond donors (Lipinski definition) is 0. The second-order valence-electron chi connectivity index (χ2n) is 16.6. The van der Waals surface area contributed by atoms with Crippen LogP contribution in [0.1, 0.15) is 55.8 Å². The Bertz CT molecular complexity index is 3240. The minimum Gasteiger partial charge on any atom is -0.308 e. The maximum Gasteiger partial charge on any atom is 0.249 e. The number of fused-ring (bicyclic) bond motifs is 18. The molecule has 5 aromatic heterocycles. The topological polar surface area (TPSA) is 12.2 Å². The van der Waals surface area contributed by atoms with Gasteiger partial charge in [-0.1, -0.05) is 75.4 Å². The van der Waals surface area contributed by atoms with Gasteiger partial charge in [0.15, 0.2) is 12.4 Å². The lowest BCUT2D eigenvalue weighted by Crippen LogP contribution is -2.53. The van der Waals surface area contributed by atoms with Gasteiger partial charge in [0, 0.05) is 71.5 Å². The molecule has 2 aliphatic heterocycles. The Morgan fingerprint density at radius 1 is 0.648 bits per heavy atom. The van der Waals surface area contributed by atoms with Crippen molar-refractivity contribution >= 4 is 75.3 Å². The summed E-state index contributed by atoms with van der Waals surface area (Å²) in [5.41, 5.74) is 14.3. The van der Waals surface area contributed by atoms with Gasteiger partial charge in [0.2, 0.25) is 23.1 Å². The van der Waals surface area contributed by atoms with Gasteiger partial charge < -0.3 is 4.40 Å². The summed E-state index contributed by atoms with van der Waals surface area (Å²) >= 11 is 1.90. The Hall–Kier alpha value is -5.84. The molecule has 0 N–H and O–H groups in total. The third kappa shape index (κ3) is 4.01. The molecule has 0 amide bonds. The molecule has 5 aromatic carbocycles. The first-order chi connectivity index (χ1) is 26.3. The molecule has 3 nitrogen and oxygen atoms in total. The zero-order valence-corrected chi connectivity index (χ0v) is 31.5. The third-order valence-electron chi connectivity index (χ3n) is 12.7. The quantitative estimate of drug-likeness (QED) is 0.139. The number of thiophene rings is 1. The molecule has 2 atom stereocenters. The van der Waals surface area contributed by atoms with E-state index in [4.69, 9.17) is 6.58 Å². The van der Waals surface area contributed by atoms with E-state index in [1.807, 2.05) is 11.3 Å². The van der Waals surface area contributed by atoms with Gasteiger partial charge in [-0.05, 0) is 84.0 Å². The number of para-hydroxylation sites is 1. The predicted octanol–water partition coefficient (Wildman–Crippen LogP) is 12.2. The number of aromatic nitrogens is 3. The van der Waals surface area contributed by atoms with E-state index in [1.54, 1.807) is 0 Å². The van der Waals surface area contributed by atoms with Crippen LogP contribution in [0.2, 0.25) is 0 Å². The van der Waals surface area contributed by atoms with Crippen molar-refractivity contribution in [3.8, 4) is 22.5 Å². The molecule has 0 radical (unpaired) electrons. The van der Waals surface area contributed by atoms with E-state index in [0.29, 0.717) is 0 Å². The summed E-state index contributed by atoms with van der Waals surface area (Å²) in [7, 11) is 0. The van der Waals surface area contributed by atoms with Crippen molar-refractivity contribution in [2.24, 2.45) is 0 Å². The smallest absolute Gasteiger partial charge is 0.249 e. The number of rotatable bonds is 0. The van der Waals surface area contributed by atoms with Crippen molar-refractivity contribution in [3.63, 3.8) is 0 Å².